The summed E-state index contributed by atoms with van der Waals surface area (Å²) in [4.78, 5) is 15.6. The van der Waals surface area contributed by atoms with Crippen LogP contribution in [0, 0.1) is 0 Å². The summed E-state index contributed by atoms with van der Waals surface area (Å²) in [5.41, 5.74) is 6.42. The maximum Gasteiger partial charge on any atom is 0.269 e. The van der Waals surface area contributed by atoms with Gasteiger partial charge >= 0.3 is 0 Å². The van der Waals surface area contributed by atoms with Crippen LogP contribution in [0.25, 0.3) is 0 Å². The van der Waals surface area contributed by atoms with Gasteiger partial charge < -0.3 is 15.6 Å². The molecule has 0 aromatic carbocycles. The number of nitrogen functional groups attached to an aromatic ring is 1. The first-order valence-corrected chi connectivity index (χ1v) is 5.36. The number of nitrogens with zero attached hydrogens (tertiary/aromatic N) is 2. The lowest BCUT2D eigenvalue weighted by molar-refractivity contribution is 0.0947. The molecule has 0 saturated heterocycles. The van der Waals surface area contributed by atoms with E-state index in [1.165, 1.54) is 6.20 Å². The molecule has 0 aliphatic heterocycles. The van der Waals surface area contributed by atoms with Crippen LogP contribution >= 0.6 is 0 Å². The molecule has 2 aromatic heterocycles. The monoisotopic (exact) mass is 230 g/mol. The van der Waals surface area contributed by atoms with Gasteiger partial charge in [-0.1, -0.05) is 0 Å². The molecular formula is C12H14N4O. The van der Waals surface area contributed by atoms with E-state index in [4.69, 9.17) is 5.73 Å². The number of nitrogens with one attached hydrogen (secondary N) is 1. The first-order chi connectivity index (χ1) is 8.25. The molecule has 0 bridgehead atoms. The minimum Gasteiger partial charge on any atom is -0.397 e. The van der Waals surface area contributed by atoms with Gasteiger partial charge in [-0.2, -0.15) is 0 Å². The van der Waals surface area contributed by atoms with Crippen LogP contribution in [0.3, 0.4) is 0 Å². The third kappa shape index (κ3) is 3.07. The molecule has 0 aliphatic rings. The predicted octanol–water partition coefficient (Wildman–Crippen LogP) is 0.895. The van der Waals surface area contributed by atoms with Gasteiger partial charge in [0.25, 0.3) is 5.91 Å². The van der Waals surface area contributed by atoms with Gasteiger partial charge in [0.15, 0.2) is 0 Å². The summed E-state index contributed by atoms with van der Waals surface area (Å²) in [6.07, 6.45) is 5.38. The summed E-state index contributed by atoms with van der Waals surface area (Å²) in [7, 11) is 0. The normalized spacial score (nSPS) is 10.1. The van der Waals surface area contributed by atoms with E-state index in [1.807, 2.05) is 29.1 Å². The van der Waals surface area contributed by atoms with E-state index in [-0.39, 0.29) is 5.91 Å². The summed E-state index contributed by atoms with van der Waals surface area (Å²) < 4.78 is 2.00. The van der Waals surface area contributed by atoms with Crippen molar-refractivity contribution in [3.8, 4) is 0 Å². The van der Waals surface area contributed by atoms with E-state index in [9.17, 15) is 4.79 Å². The fraction of sp³-hybridized carbons (Fsp3) is 0.167. The zero-order chi connectivity index (χ0) is 12.1. The maximum atomic E-state index is 11.7. The number of pyridine rings is 1. The molecule has 0 unspecified atom stereocenters. The Morgan fingerprint density at radius 1 is 1.35 bits per heavy atom. The zero-order valence-corrected chi connectivity index (χ0v) is 9.34. The van der Waals surface area contributed by atoms with Crippen molar-refractivity contribution in [1.29, 1.82) is 0 Å². The van der Waals surface area contributed by atoms with Crippen LogP contribution in [-0.2, 0) is 6.54 Å². The Hall–Kier alpha value is -2.30. The summed E-state index contributed by atoms with van der Waals surface area (Å²) >= 11 is 0. The average Bonchev–Trinajstić information content (AvgIpc) is 2.83. The minimum absolute atomic E-state index is 0.183. The molecule has 2 rings (SSSR count). The van der Waals surface area contributed by atoms with Gasteiger partial charge in [0.1, 0.15) is 5.69 Å². The lowest BCUT2D eigenvalue weighted by atomic mass is 10.3. The van der Waals surface area contributed by atoms with Crippen molar-refractivity contribution in [1.82, 2.24) is 14.9 Å². The highest BCUT2D eigenvalue weighted by Gasteiger charge is 2.05. The average molecular weight is 230 g/mol. The van der Waals surface area contributed by atoms with E-state index < -0.39 is 0 Å². The molecular weight excluding hydrogens is 216 g/mol. The van der Waals surface area contributed by atoms with Crippen molar-refractivity contribution in [2.24, 2.45) is 0 Å². The number of hydrogen-bond donors (Lipinski definition) is 2. The van der Waals surface area contributed by atoms with Gasteiger partial charge in [0, 0.05) is 25.5 Å². The molecule has 0 fully saturated rings. The SMILES string of the molecule is Nc1ccc(C(=O)NCCn2cccc2)nc1. The lowest BCUT2D eigenvalue weighted by Gasteiger charge is -2.05. The van der Waals surface area contributed by atoms with E-state index in [0.29, 0.717) is 17.9 Å². The van der Waals surface area contributed by atoms with Crippen molar-refractivity contribution >= 4 is 11.6 Å². The Balaban J connectivity index is 1.83. The van der Waals surface area contributed by atoms with Crippen LogP contribution in [0.5, 0.6) is 0 Å². The molecule has 0 atom stereocenters. The largest absolute Gasteiger partial charge is 0.397 e. The second-order valence-corrected chi connectivity index (χ2v) is 3.65. The summed E-state index contributed by atoms with van der Waals surface area (Å²) in [5, 5.41) is 2.79. The lowest BCUT2D eigenvalue weighted by Crippen LogP contribution is -2.27. The van der Waals surface area contributed by atoms with Crippen LogP contribution in [0.15, 0.2) is 42.9 Å². The number of amides is 1. The molecule has 0 aliphatic carbocycles. The fourth-order valence-electron chi connectivity index (χ4n) is 1.45. The number of carbonyl (C=O) groups excluding carboxylic acids is 1. The Bertz CT molecular complexity index is 476. The number of nitrogens with two attached hydrogens (primary N) is 1. The Labute approximate surface area is 99.3 Å². The Morgan fingerprint density at radius 2 is 2.12 bits per heavy atom. The van der Waals surface area contributed by atoms with E-state index in [1.54, 1.807) is 12.1 Å². The molecule has 88 valence electrons. The Kier molecular flexibility index (Phi) is 3.40. The predicted molar refractivity (Wildman–Crippen MR) is 65.4 cm³/mol. The third-order valence-electron chi connectivity index (χ3n) is 2.34. The van der Waals surface area contributed by atoms with Crippen LogP contribution < -0.4 is 11.1 Å². The van der Waals surface area contributed by atoms with Gasteiger partial charge in [-0.3, -0.25) is 4.79 Å². The quantitative estimate of drug-likeness (QED) is 0.819. The van der Waals surface area contributed by atoms with Gasteiger partial charge in [0.05, 0.1) is 11.9 Å². The fourth-order valence-corrected chi connectivity index (χ4v) is 1.45. The van der Waals surface area contributed by atoms with Crippen molar-refractivity contribution in [2.75, 3.05) is 12.3 Å². The van der Waals surface area contributed by atoms with E-state index >= 15 is 0 Å². The molecule has 0 radical (unpaired) electrons. The highest BCUT2D eigenvalue weighted by molar-refractivity contribution is 5.92. The van der Waals surface area contributed by atoms with Gasteiger partial charge in [0.2, 0.25) is 0 Å². The number of rotatable bonds is 4. The first kappa shape index (κ1) is 11.2. The third-order valence-corrected chi connectivity index (χ3v) is 2.34. The summed E-state index contributed by atoms with van der Waals surface area (Å²) in [5.74, 6) is -0.183. The van der Waals surface area contributed by atoms with Crippen LogP contribution in [-0.4, -0.2) is 22.0 Å². The molecule has 3 N–H and O–H groups in total. The van der Waals surface area contributed by atoms with E-state index in [2.05, 4.69) is 10.3 Å². The summed E-state index contributed by atoms with van der Waals surface area (Å²) in [6, 6.07) is 7.17. The highest BCUT2D eigenvalue weighted by atomic mass is 16.1. The Morgan fingerprint density at radius 3 is 2.76 bits per heavy atom. The summed E-state index contributed by atoms with van der Waals surface area (Å²) in [6.45, 7) is 1.31. The zero-order valence-electron chi connectivity index (χ0n) is 9.34. The molecule has 5 heteroatoms. The first-order valence-electron chi connectivity index (χ1n) is 5.36. The second-order valence-electron chi connectivity index (χ2n) is 3.65. The van der Waals surface area contributed by atoms with Gasteiger partial charge in [-0.05, 0) is 24.3 Å². The molecule has 5 nitrogen and oxygen atoms in total. The number of carbonyl (C=O) groups is 1. The topological polar surface area (TPSA) is 72.9 Å². The minimum atomic E-state index is -0.183. The highest BCUT2D eigenvalue weighted by Crippen LogP contribution is 2.00. The van der Waals surface area contributed by atoms with Crippen LogP contribution in [0.2, 0.25) is 0 Å². The second kappa shape index (κ2) is 5.16. The molecule has 0 spiro atoms. The molecule has 1 amide bonds. The van der Waals surface area contributed by atoms with Crippen molar-refractivity contribution in [2.45, 2.75) is 6.54 Å². The van der Waals surface area contributed by atoms with Crippen molar-refractivity contribution in [3.05, 3.63) is 48.5 Å². The van der Waals surface area contributed by atoms with Crippen molar-refractivity contribution < 1.29 is 4.79 Å². The smallest absolute Gasteiger partial charge is 0.269 e. The maximum absolute atomic E-state index is 11.7. The van der Waals surface area contributed by atoms with E-state index in [0.717, 1.165) is 6.54 Å². The molecule has 2 heterocycles. The molecule has 2 aromatic rings. The van der Waals surface area contributed by atoms with Gasteiger partial charge in [-0.25, -0.2) is 4.98 Å². The number of aromatic nitrogens is 2. The van der Waals surface area contributed by atoms with Crippen molar-refractivity contribution in [3.63, 3.8) is 0 Å². The van der Waals surface area contributed by atoms with Crippen LogP contribution in [0.4, 0.5) is 5.69 Å². The van der Waals surface area contributed by atoms with Gasteiger partial charge in [-0.15, -0.1) is 0 Å². The molecule has 0 saturated carbocycles. The van der Waals surface area contributed by atoms with Crippen LogP contribution in [0.1, 0.15) is 10.5 Å². The standard InChI is InChI=1S/C12H14N4O/c13-10-3-4-11(15-9-10)12(17)14-5-8-16-6-1-2-7-16/h1-4,6-7,9H,5,8,13H2,(H,14,17). The molecule has 17 heavy (non-hydrogen) atoms. The number of hydrogen-bond acceptors (Lipinski definition) is 3. The number of anilines is 1.